The van der Waals surface area contributed by atoms with Crippen molar-refractivity contribution in [3.63, 3.8) is 0 Å². The number of fused-ring (bicyclic) bond motifs is 1. The Kier molecular flexibility index (Phi) is 6.23. The van der Waals surface area contributed by atoms with Gasteiger partial charge < -0.3 is 20.4 Å². The van der Waals surface area contributed by atoms with Crippen LogP contribution in [0.15, 0.2) is 42.6 Å². The standard InChI is InChI=1S/C26H29N5O4/c1-16-6-9-21(27-14-16)29-24(33)17-10-12-30(13-11-17)22(32)15-28-25(34)23-19-4-2-3-5-20(19)26(35)31(23)18-7-8-18/h2-6,9,14,17-18,23H,7-8,10-13,15H2,1H3,(H,28,34)(H,27,29,33). The maximum Gasteiger partial charge on any atom is 0.255 e. The van der Waals surface area contributed by atoms with E-state index in [0.29, 0.717) is 42.9 Å². The molecular formula is C26H29N5O4. The van der Waals surface area contributed by atoms with Gasteiger partial charge in [0.05, 0.1) is 6.54 Å². The van der Waals surface area contributed by atoms with Gasteiger partial charge in [-0.3, -0.25) is 19.2 Å². The summed E-state index contributed by atoms with van der Waals surface area (Å²) >= 11 is 0. The zero-order chi connectivity index (χ0) is 24.5. The summed E-state index contributed by atoms with van der Waals surface area (Å²) in [6, 6.07) is 10.2. The first-order valence-corrected chi connectivity index (χ1v) is 12.1. The number of pyridine rings is 1. The summed E-state index contributed by atoms with van der Waals surface area (Å²) in [7, 11) is 0. The third kappa shape index (κ3) is 4.76. The van der Waals surface area contributed by atoms with Crippen molar-refractivity contribution in [1.29, 1.82) is 0 Å². The predicted octanol–water partition coefficient (Wildman–Crippen LogP) is 2.04. The SMILES string of the molecule is Cc1ccc(NC(=O)C2CCN(C(=O)CNC(=O)C3c4ccccc4C(=O)N3C3CC3)CC2)nc1. The molecule has 1 saturated heterocycles. The number of hydrogen-bond donors (Lipinski definition) is 2. The molecule has 3 aliphatic rings. The van der Waals surface area contributed by atoms with E-state index in [4.69, 9.17) is 0 Å². The third-order valence-corrected chi connectivity index (χ3v) is 6.98. The molecule has 2 N–H and O–H groups in total. The zero-order valence-electron chi connectivity index (χ0n) is 19.7. The van der Waals surface area contributed by atoms with Crippen LogP contribution in [-0.4, -0.2) is 64.1 Å². The summed E-state index contributed by atoms with van der Waals surface area (Å²) in [5.74, 6) is -0.391. The lowest BCUT2D eigenvalue weighted by Gasteiger charge is -2.31. The number of nitrogens with zero attached hydrogens (tertiary/aromatic N) is 3. The topological polar surface area (TPSA) is 112 Å². The number of benzene rings is 1. The molecule has 4 amide bonds. The zero-order valence-corrected chi connectivity index (χ0v) is 19.7. The van der Waals surface area contributed by atoms with Crippen molar-refractivity contribution in [3.8, 4) is 0 Å². The summed E-state index contributed by atoms with van der Waals surface area (Å²) < 4.78 is 0. The van der Waals surface area contributed by atoms with Crippen LogP contribution >= 0.6 is 0 Å². The van der Waals surface area contributed by atoms with E-state index in [1.54, 1.807) is 34.2 Å². The van der Waals surface area contributed by atoms with Crippen LogP contribution in [0.5, 0.6) is 0 Å². The maximum atomic E-state index is 13.1. The van der Waals surface area contributed by atoms with Gasteiger partial charge in [-0.2, -0.15) is 0 Å². The van der Waals surface area contributed by atoms with Crippen molar-refractivity contribution in [1.82, 2.24) is 20.1 Å². The van der Waals surface area contributed by atoms with Crippen molar-refractivity contribution in [2.75, 3.05) is 25.0 Å². The van der Waals surface area contributed by atoms with E-state index in [1.165, 1.54) is 0 Å². The van der Waals surface area contributed by atoms with E-state index >= 15 is 0 Å². The van der Waals surface area contributed by atoms with Crippen molar-refractivity contribution < 1.29 is 19.2 Å². The van der Waals surface area contributed by atoms with Crippen LogP contribution in [0.3, 0.4) is 0 Å². The van der Waals surface area contributed by atoms with Crippen LogP contribution < -0.4 is 10.6 Å². The fourth-order valence-electron chi connectivity index (χ4n) is 4.87. The Labute approximate surface area is 203 Å². The Morgan fingerprint density at radius 2 is 1.74 bits per heavy atom. The Morgan fingerprint density at radius 1 is 1.00 bits per heavy atom. The highest BCUT2D eigenvalue weighted by Crippen LogP contribution is 2.41. The van der Waals surface area contributed by atoms with Gasteiger partial charge in [0.2, 0.25) is 17.7 Å². The minimum atomic E-state index is -0.691. The average Bonchev–Trinajstić information content (AvgIpc) is 3.67. The molecule has 1 unspecified atom stereocenters. The predicted molar refractivity (Wildman–Crippen MR) is 128 cm³/mol. The van der Waals surface area contributed by atoms with E-state index in [-0.39, 0.29) is 42.1 Å². The number of aromatic nitrogens is 1. The fourth-order valence-corrected chi connectivity index (χ4v) is 4.87. The number of hydrogen-bond acceptors (Lipinski definition) is 5. The molecule has 1 aromatic carbocycles. The summed E-state index contributed by atoms with van der Waals surface area (Å²) in [6.45, 7) is 2.71. The van der Waals surface area contributed by atoms with Gasteiger partial charge in [0.15, 0.2) is 0 Å². The molecule has 1 atom stereocenters. The molecule has 0 spiro atoms. The smallest absolute Gasteiger partial charge is 0.255 e. The molecular weight excluding hydrogens is 446 g/mol. The van der Waals surface area contributed by atoms with Crippen molar-refractivity contribution in [2.45, 2.75) is 44.7 Å². The molecule has 0 radical (unpaired) electrons. The van der Waals surface area contributed by atoms with E-state index in [0.717, 1.165) is 18.4 Å². The van der Waals surface area contributed by atoms with Gasteiger partial charge in [0.1, 0.15) is 11.9 Å². The Bertz CT molecular complexity index is 1150. The monoisotopic (exact) mass is 475 g/mol. The molecule has 0 bridgehead atoms. The molecule has 5 rings (SSSR count). The summed E-state index contributed by atoms with van der Waals surface area (Å²) in [6.07, 6.45) is 4.60. The van der Waals surface area contributed by atoms with Gasteiger partial charge in [-0.25, -0.2) is 4.98 Å². The molecule has 9 heteroatoms. The van der Waals surface area contributed by atoms with E-state index in [9.17, 15) is 19.2 Å². The van der Waals surface area contributed by atoms with Gasteiger partial charge in [0, 0.05) is 36.8 Å². The first-order valence-electron chi connectivity index (χ1n) is 12.1. The van der Waals surface area contributed by atoms with Crippen molar-refractivity contribution >= 4 is 29.4 Å². The molecule has 2 aromatic rings. The molecule has 1 saturated carbocycles. The second-order valence-corrected chi connectivity index (χ2v) is 9.52. The van der Waals surface area contributed by atoms with Crippen molar-refractivity contribution in [2.24, 2.45) is 5.92 Å². The molecule has 3 heterocycles. The highest BCUT2D eigenvalue weighted by atomic mass is 16.2. The van der Waals surface area contributed by atoms with Crippen LogP contribution in [0.4, 0.5) is 5.82 Å². The largest absolute Gasteiger partial charge is 0.345 e. The maximum absolute atomic E-state index is 13.1. The number of carbonyl (C=O) groups is 4. The number of amides is 4. The lowest BCUT2D eigenvalue weighted by molar-refractivity contribution is -0.136. The molecule has 2 aliphatic heterocycles. The first-order chi connectivity index (χ1) is 16.9. The minimum Gasteiger partial charge on any atom is -0.345 e. The normalized spacial score (nSPS) is 19.9. The van der Waals surface area contributed by atoms with Crippen LogP contribution in [0.2, 0.25) is 0 Å². The lowest BCUT2D eigenvalue weighted by Crippen LogP contribution is -2.47. The van der Waals surface area contributed by atoms with E-state index in [2.05, 4.69) is 15.6 Å². The highest BCUT2D eigenvalue weighted by Gasteiger charge is 2.47. The minimum absolute atomic E-state index is 0.0848. The second kappa shape index (κ2) is 9.48. The average molecular weight is 476 g/mol. The number of nitrogens with one attached hydrogen (secondary N) is 2. The van der Waals surface area contributed by atoms with Crippen LogP contribution in [0.1, 0.15) is 53.2 Å². The van der Waals surface area contributed by atoms with Gasteiger partial charge in [-0.15, -0.1) is 0 Å². The van der Waals surface area contributed by atoms with E-state index < -0.39 is 6.04 Å². The molecule has 2 fully saturated rings. The molecule has 35 heavy (non-hydrogen) atoms. The lowest BCUT2D eigenvalue weighted by atomic mass is 9.96. The molecule has 1 aromatic heterocycles. The van der Waals surface area contributed by atoms with Crippen LogP contribution in [0.25, 0.3) is 0 Å². The second-order valence-electron chi connectivity index (χ2n) is 9.52. The fraction of sp³-hybridized carbons (Fsp3) is 0.423. The quantitative estimate of drug-likeness (QED) is 0.664. The number of rotatable bonds is 6. The van der Waals surface area contributed by atoms with Crippen LogP contribution in [0, 0.1) is 12.8 Å². The summed E-state index contributed by atoms with van der Waals surface area (Å²) in [4.78, 5) is 58.8. The van der Waals surface area contributed by atoms with Gasteiger partial charge in [0.25, 0.3) is 5.91 Å². The molecule has 9 nitrogen and oxygen atoms in total. The van der Waals surface area contributed by atoms with E-state index in [1.807, 2.05) is 25.1 Å². The number of anilines is 1. The highest BCUT2D eigenvalue weighted by molar-refractivity contribution is 6.05. The Morgan fingerprint density at radius 3 is 2.43 bits per heavy atom. The number of likely N-dealkylation sites (tertiary alicyclic amines) is 1. The molecule has 182 valence electrons. The Hall–Kier alpha value is -3.75. The number of carbonyl (C=O) groups excluding carboxylic acids is 4. The van der Waals surface area contributed by atoms with Gasteiger partial charge in [-0.05, 0) is 55.9 Å². The number of piperidine rings is 1. The van der Waals surface area contributed by atoms with Gasteiger partial charge in [-0.1, -0.05) is 24.3 Å². The first kappa shape index (κ1) is 23.0. The summed E-state index contributed by atoms with van der Waals surface area (Å²) in [5, 5.41) is 5.60. The summed E-state index contributed by atoms with van der Waals surface area (Å²) in [5.41, 5.74) is 2.28. The number of aryl methyl sites for hydroxylation is 1. The van der Waals surface area contributed by atoms with Gasteiger partial charge >= 0.3 is 0 Å². The molecule has 1 aliphatic carbocycles. The Balaban J connectivity index is 1.13. The van der Waals surface area contributed by atoms with Crippen molar-refractivity contribution in [3.05, 3.63) is 59.3 Å². The van der Waals surface area contributed by atoms with Crippen LogP contribution in [-0.2, 0) is 14.4 Å². The third-order valence-electron chi connectivity index (χ3n) is 6.98.